The fourth-order valence-electron chi connectivity index (χ4n) is 4.41. The van der Waals surface area contributed by atoms with Crippen LogP contribution in [-0.2, 0) is 11.3 Å². The highest BCUT2D eigenvalue weighted by molar-refractivity contribution is 5.96. The van der Waals surface area contributed by atoms with E-state index in [0.29, 0.717) is 12.1 Å². The molecule has 2 heterocycles. The van der Waals surface area contributed by atoms with Crippen molar-refractivity contribution in [1.82, 2.24) is 30.6 Å². The van der Waals surface area contributed by atoms with Gasteiger partial charge in [0.15, 0.2) is 0 Å². The number of hydrogen-bond donors (Lipinski definition) is 2. The Morgan fingerprint density at radius 3 is 2.55 bits per heavy atom. The summed E-state index contributed by atoms with van der Waals surface area (Å²) in [5.41, 5.74) is 5.78. The molecule has 2 aromatic heterocycles. The number of aromatic nitrogens is 4. The van der Waals surface area contributed by atoms with Crippen molar-refractivity contribution in [3.05, 3.63) is 114 Å². The summed E-state index contributed by atoms with van der Waals surface area (Å²) in [5, 5.41) is 15.4. The van der Waals surface area contributed by atoms with Gasteiger partial charge in [-0.25, -0.2) is 4.68 Å². The molecule has 0 bridgehead atoms. The number of amides is 2. The van der Waals surface area contributed by atoms with Crippen LogP contribution in [0.15, 0.2) is 91.1 Å². The van der Waals surface area contributed by atoms with Gasteiger partial charge in [-0.2, -0.15) is 0 Å². The summed E-state index contributed by atoms with van der Waals surface area (Å²) in [6, 6.07) is 26.5. The molecule has 190 valence electrons. The van der Waals surface area contributed by atoms with Gasteiger partial charge in [0.1, 0.15) is 5.69 Å². The van der Waals surface area contributed by atoms with Gasteiger partial charge < -0.3 is 10.6 Å². The van der Waals surface area contributed by atoms with E-state index < -0.39 is 6.04 Å². The monoisotopic (exact) mass is 504 g/mol. The van der Waals surface area contributed by atoms with E-state index in [2.05, 4.69) is 25.9 Å². The van der Waals surface area contributed by atoms with E-state index in [0.717, 1.165) is 39.0 Å². The number of pyridine rings is 1. The lowest BCUT2D eigenvalue weighted by atomic mass is 10.0. The highest BCUT2D eigenvalue weighted by Gasteiger charge is 2.20. The fraction of sp³-hybridized carbons (Fsp3) is 0.167. The zero-order chi connectivity index (χ0) is 26.5. The molecule has 0 aliphatic rings. The molecule has 3 aromatic carbocycles. The Kier molecular flexibility index (Phi) is 7.21. The molecule has 8 nitrogen and oxygen atoms in total. The lowest BCUT2D eigenvalue weighted by Gasteiger charge is -2.19. The minimum Gasteiger partial charge on any atom is -0.359 e. The number of hydrogen-bond acceptors (Lipinski definition) is 5. The second-order valence-corrected chi connectivity index (χ2v) is 9.13. The minimum absolute atomic E-state index is 0.141. The van der Waals surface area contributed by atoms with Crippen LogP contribution in [0, 0.1) is 6.92 Å². The van der Waals surface area contributed by atoms with E-state index in [-0.39, 0.29) is 18.2 Å². The van der Waals surface area contributed by atoms with Crippen LogP contribution < -0.4 is 10.6 Å². The maximum atomic E-state index is 13.4. The number of fused-ring (bicyclic) bond motifs is 1. The van der Waals surface area contributed by atoms with E-state index in [1.54, 1.807) is 17.8 Å². The number of aryl methyl sites for hydroxylation is 1. The predicted octanol–water partition coefficient (Wildman–Crippen LogP) is 4.46. The topological polar surface area (TPSA) is 102 Å². The van der Waals surface area contributed by atoms with Gasteiger partial charge in [0, 0.05) is 29.3 Å². The number of rotatable bonds is 8. The smallest absolute Gasteiger partial charge is 0.252 e. The summed E-state index contributed by atoms with van der Waals surface area (Å²) in [5.74, 6) is -0.404. The first-order valence-corrected chi connectivity index (χ1v) is 12.4. The van der Waals surface area contributed by atoms with Crippen molar-refractivity contribution in [3.8, 4) is 11.3 Å². The molecule has 1 atom stereocenters. The molecule has 2 N–H and O–H groups in total. The number of carbonyl (C=O) groups is 2. The molecule has 8 heteroatoms. The van der Waals surface area contributed by atoms with Gasteiger partial charge in [-0.1, -0.05) is 65.9 Å². The molecule has 0 fully saturated rings. The summed E-state index contributed by atoms with van der Waals surface area (Å²) in [4.78, 5) is 30.1. The van der Waals surface area contributed by atoms with Crippen LogP contribution in [0.4, 0.5) is 0 Å². The SMILES string of the molecule is CNC(=O)CC(NC(=O)c1ccccc1Cn1cc(-c2ccc3nc(C)ccc3c2)nn1)c1ccccc1. The molecule has 0 aliphatic heterocycles. The third kappa shape index (κ3) is 5.59. The Balaban J connectivity index is 1.36. The zero-order valence-corrected chi connectivity index (χ0v) is 21.3. The van der Waals surface area contributed by atoms with E-state index >= 15 is 0 Å². The second kappa shape index (κ2) is 11.0. The van der Waals surface area contributed by atoms with Crippen molar-refractivity contribution in [2.24, 2.45) is 0 Å². The summed E-state index contributed by atoms with van der Waals surface area (Å²) in [6.07, 6.45) is 2.01. The van der Waals surface area contributed by atoms with Crippen LogP contribution in [0.1, 0.15) is 39.6 Å². The molecule has 0 saturated carbocycles. The Labute approximate surface area is 220 Å². The largest absolute Gasteiger partial charge is 0.359 e. The summed E-state index contributed by atoms with van der Waals surface area (Å²) in [7, 11) is 1.59. The summed E-state index contributed by atoms with van der Waals surface area (Å²) < 4.78 is 1.72. The lowest BCUT2D eigenvalue weighted by molar-refractivity contribution is -0.121. The third-order valence-electron chi connectivity index (χ3n) is 6.43. The van der Waals surface area contributed by atoms with Crippen LogP contribution in [-0.4, -0.2) is 38.8 Å². The molecule has 1 unspecified atom stereocenters. The fourth-order valence-corrected chi connectivity index (χ4v) is 4.41. The molecule has 38 heavy (non-hydrogen) atoms. The quantitative estimate of drug-likeness (QED) is 0.325. The van der Waals surface area contributed by atoms with Gasteiger partial charge in [0.05, 0.1) is 30.7 Å². The average Bonchev–Trinajstić information content (AvgIpc) is 3.41. The van der Waals surface area contributed by atoms with Crippen molar-refractivity contribution < 1.29 is 9.59 Å². The van der Waals surface area contributed by atoms with Gasteiger partial charge >= 0.3 is 0 Å². The van der Waals surface area contributed by atoms with Crippen molar-refractivity contribution in [1.29, 1.82) is 0 Å². The second-order valence-electron chi connectivity index (χ2n) is 9.13. The van der Waals surface area contributed by atoms with Crippen molar-refractivity contribution in [2.75, 3.05) is 7.05 Å². The van der Waals surface area contributed by atoms with E-state index in [4.69, 9.17) is 0 Å². The average molecular weight is 505 g/mol. The highest BCUT2D eigenvalue weighted by Crippen LogP contribution is 2.23. The van der Waals surface area contributed by atoms with E-state index in [9.17, 15) is 9.59 Å². The first kappa shape index (κ1) is 24.8. The molecule has 5 aromatic rings. The Morgan fingerprint density at radius 2 is 1.74 bits per heavy atom. The molecule has 2 amide bonds. The maximum Gasteiger partial charge on any atom is 0.252 e. The van der Waals surface area contributed by atoms with Crippen LogP contribution >= 0.6 is 0 Å². The summed E-state index contributed by atoms with van der Waals surface area (Å²) >= 11 is 0. The Hall–Kier alpha value is -4.85. The number of nitrogens with one attached hydrogen (secondary N) is 2. The number of carbonyl (C=O) groups excluding carboxylic acids is 2. The first-order valence-electron chi connectivity index (χ1n) is 12.4. The molecule has 5 rings (SSSR count). The van der Waals surface area contributed by atoms with Crippen LogP contribution in [0.25, 0.3) is 22.2 Å². The first-order chi connectivity index (χ1) is 18.5. The Morgan fingerprint density at radius 1 is 0.947 bits per heavy atom. The lowest BCUT2D eigenvalue weighted by Crippen LogP contribution is -2.33. The standard InChI is InChI=1S/C30H28N6O2/c1-20-12-13-22-16-23(14-15-26(22)32-20)28-19-36(35-34-28)18-24-10-6-7-11-25(24)30(38)33-27(17-29(37)31-2)21-8-4-3-5-9-21/h3-16,19,27H,17-18H2,1-2H3,(H,31,37)(H,33,38). The molecular weight excluding hydrogens is 476 g/mol. The zero-order valence-electron chi connectivity index (χ0n) is 21.3. The number of benzene rings is 3. The minimum atomic E-state index is -0.458. The normalized spacial score (nSPS) is 11.7. The van der Waals surface area contributed by atoms with Crippen molar-refractivity contribution >= 4 is 22.7 Å². The van der Waals surface area contributed by atoms with E-state index in [1.165, 1.54) is 0 Å². The van der Waals surface area contributed by atoms with Crippen molar-refractivity contribution in [2.45, 2.75) is 25.9 Å². The highest BCUT2D eigenvalue weighted by atomic mass is 16.2. The van der Waals surface area contributed by atoms with Gasteiger partial charge in [-0.05, 0) is 42.3 Å². The molecule has 0 saturated heterocycles. The van der Waals surface area contributed by atoms with Crippen LogP contribution in [0.5, 0.6) is 0 Å². The predicted molar refractivity (Wildman–Crippen MR) is 146 cm³/mol. The van der Waals surface area contributed by atoms with Gasteiger partial charge in [0.25, 0.3) is 5.91 Å². The Bertz CT molecular complexity index is 1600. The van der Waals surface area contributed by atoms with E-state index in [1.807, 2.05) is 92.0 Å². The van der Waals surface area contributed by atoms with Gasteiger partial charge in [-0.15, -0.1) is 5.10 Å². The molecular formula is C30H28N6O2. The van der Waals surface area contributed by atoms with Gasteiger partial charge in [0.2, 0.25) is 5.91 Å². The summed E-state index contributed by atoms with van der Waals surface area (Å²) in [6.45, 7) is 2.34. The van der Waals surface area contributed by atoms with Crippen LogP contribution in [0.3, 0.4) is 0 Å². The maximum absolute atomic E-state index is 13.4. The van der Waals surface area contributed by atoms with Crippen molar-refractivity contribution in [3.63, 3.8) is 0 Å². The third-order valence-corrected chi connectivity index (χ3v) is 6.43. The molecule has 0 aliphatic carbocycles. The molecule has 0 spiro atoms. The number of nitrogens with zero attached hydrogens (tertiary/aromatic N) is 4. The van der Waals surface area contributed by atoms with Crippen LogP contribution in [0.2, 0.25) is 0 Å². The molecule has 0 radical (unpaired) electrons. The van der Waals surface area contributed by atoms with Gasteiger partial charge in [-0.3, -0.25) is 14.6 Å².